The van der Waals surface area contributed by atoms with E-state index in [1.54, 1.807) is 13.2 Å². The van der Waals surface area contributed by atoms with Gasteiger partial charge in [0.05, 0.1) is 6.10 Å². The average Bonchev–Trinajstić information content (AvgIpc) is 2.48. The first-order valence-corrected chi connectivity index (χ1v) is 7.31. The van der Waals surface area contributed by atoms with E-state index < -0.39 is 0 Å². The summed E-state index contributed by atoms with van der Waals surface area (Å²) < 4.78 is 19.4. The predicted octanol–water partition coefficient (Wildman–Crippen LogP) is 3.03. The molecular weight excluding hydrogens is 255 g/mol. The number of hydrogen-bond acceptors (Lipinski definition) is 3. The maximum Gasteiger partial charge on any atom is 0.126 e. The summed E-state index contributed by atoms with van der Waals surface area (Å²) in [6.45, 7) is 5.77. The summed E-state index contributed by atoms with van der Waals surface area (Å²) in [7, 11) is 3.67. The van der Waals surface area contributed by atoms with E-state index in [0.717, 1.165) is 37.2 Å². The van der Waals surface area contributed by atoms with Gasteiger partial charge in [-0.3, -0.25) is 0 Å². The number of ether oxygens (including phenoxy) is 1. The molecule has 1 aromatic carbocycles. The van der Waals surface area contributed by atoms with Crippen LogP contribution in [0, 0.1) is 12.7 Å². The first kappa shape index (κ1) is 15.3. The van der Waals surface area contributed by atoms with Crippen molar-refractivity contribution in [1.29, 1.82) is 0 Å². The number of piperidine rings is 1. The Balaban J connectivity index is 2.35. The lowest BCUT2D eigenvalue weighted by Gasteiger charge is -2.36. The second-order valence-electron chi connectivity index (χ2n) is 5.62. The second-order valence-corrected chi connectivity index (χ2v) is 5.62. The molecule has 1 aliphatic rings. The Morgan fingerprint density at radius 2 is 2.20 bits per heavy atom. The van der Waals surface area contributed by atoms with Crippen molar-refractivity contribution in [3.05, 3.63) is 29.1 Å². The van der Waals surface area contributed by atoms with Crippen molar-refractivity contribution in [2.75, 3.05) is 32.1 Å². The predicted molar refractivity (Wildman–Crippen MR) is 80.9 cm³/mol. The second kappa shape index (κ2) is 6.55. The molecule has 1 heterocycles. The molecule has 1 fully saturated rings. The van der Waals surface area contributed by atoms with Gasteiger partial charge in [-0.25, -0.2) is 4.39 Å². The maximum absolute atomic E-state index is 13.9. The summed E-state index contributed by atoms with van der Waals surface area (Å²) in [5, 5.41) is 3.21. The molecular formula is C16H25FN2O. The van der Waals surface area contributed by atoms with Crippen LogP contribution in [0.15, 0.2) is 12.1 Å². The summed E-state index contributed by atoms with van der Waals surface area (Å²) in [4.78, 5) is 2.33. The molecule has 1 aromatic rings. The zero-order chi connectivity index (χ0) is 14.7. The van der Waals surface area contributed by atoms with Crippen LogP contribution in [0.5, 0.6) is 0 Å². The van der Waals surface area contributed by atoms with Gasteiger partial charge in [0.2, 0.25) is 0 Å². The van der Waals surface area contributed by atoms with E-state index in [2.05, 4.69) is 17.1 Å². The number of rotatable bonds is 4. The van der Waals surface area contributed by atoms with E-state index in [9.17, 15) is 4.39 Å². The van der Waals surface area contributed by atoms with Gasteiger partial charge in [-0.1, -0.05) is 0 Å². The fraction of sp³-hybridized carbons (Fsp3) is 0.625. The molecule has 0 saturated carbocycles. The van der Waals surface area contributed by atoms with E-state index in [-0.39, 0.29) is 18.0 Å². The summed E-state index contributed by atoms with van der Waals surface area (Å²) in [6.07, 6.45) is 2.48. The highest BCUT2D eigenvalue weighted by Gasteiger charge is 2.23. The SMILES string of the molecule is CNC(C)c1cc(F)c(C)cc1N1CCCC(OC)C1. The Kier molecular flexibility index (Phi) is 5.00. The largest absolute Gasteiger partial charge is 0.380 e. The molecule has 4 heteroatoms. The first-order chi connectivity index (χ1) is 9.56. The lowest BCUT2D eigenvalue weighted by Crippen LogP contribution is -2.40. The fourth-order valence-corrected chi connectivity index (χ4v) is 2.81. The van der Waals surface area contributed by atoms with Gasteiger partial charge >= 0.3 is 0 Å². The first-order valence-electron chi connectivity index (χ1n) is 7.31. The Morgan fingerprint density at radius 1 is 1.45 bits per heavy atom. The number of halogens is 1. The summed E-state index contributed by atoms with van der Waals surface area (Å²) >= 11 is 0. The van der Waals surface area contributed by atoms with E-state index in [0.29, 0.717) is 5.56 Å². The van der Waals surface area contributed by atoms with Gasteiger partial charge in [0.1, 0.15) is 5.82 Å². The third kappa shape index (κ3) is 3.13. The number of hydrogen-bond donors (Lipinski definition) is 1. The van der Waals surface area contributed by atoms with Crippen molar-refractivity contribution in [2.45, 2.75) is 38.8 Å². The van der Waals surface area contributed by atoms with Gasteiger partial charge in [0.25, 0.3) is 0 Å². The minimum Gasteiger partial charge on any atom is -0.380 e. The number of methoxy groups -OCH3 is 1. The summed E-state index contributed by atoms with van der Waals surface area (Å²) in [5.74, 6) is -0.133. The smallest absolute Gasteiger partial charge is 0.126 e. The summed E-state index contributed by atoms with van der Waals surface area (Å²) in [5.41, 5.74) is 2.85. The molecule has 3 nitrogen and oxygen atoms in total. The molecule has 2 unspecified atom stereocenters. The third-order valence-electron chi connectivity index (χ3n) is 4.26. The van der Waals surface area contributed by atoms with Crippen LogP contribution in [-0.4, -0.2) is 33.4 Å². The van der Waals surface area contributed by atoms with Crippen LogP contribution in [-0.2, 0) is 4.74 Å². The zero-order valence-electron chi connectivity index (χ0n) is 12.9. The molecule has 0 spiro atoms. The number of nitrogens with zero attached hydrogens (tertiary/aromatic N) is 1. The van der Waals surface area contributed by atoms with Gasteiger partial charge in [0.15, 0.2) is 0 Å². The Hall–Kier alpha value is -1.13. The van der Waals surface area contributed by atoms with Crippen molar-refractivity contribution in [3.63, 3.8) is 0 Å². The number of nitrogens with one attached hydrogen (secondary N) is 1. The van der Waals surface area contributed by atoms with E-state index >= 15 is 0 Å². The molecule has 1 aliphatic heterocycles. The normalized spacial score (nSPS) is 21.1. The molecule has 0 aliphatic carbocycles. The van der Waals surface area contributed by atoms with Crippen LogP contribution < -0.4 is 10.2 Å². The summed E-state index contributed by atoms with van der Waals surface area (Å²) in [6, 6.07) is 3.77. The topological polar surface area (TPSA) is 24.5 Å². The highest BCUT2D eigenvalue weighted by molar-refractivity contribution is 5.57. The molecule has 112 valence electrons. The van der Waals surface area contributed by atoms with Crippen molar-refractivity contribution in [2.24, 2.45) is 0 Å². The van der Waals surface area contributed by atoms with Crippen LogP contribution in [0.4, 0.5) is 10.1 Å². The molecule has 2 rings (SSSR count). The molecule has 1 saturated heterocycles. The van der Waals surface area contributed by atoms with Crippen molar-refractivity contribution < 1.29 is 9.13 Å². The van der Waals surface area contributed by atoms with E-state index in [1.807, 2.05) is 20.0 Å². The van der Waals surface area contributed by atoms with Crippen LogP contribution in [0.25, 0.3) is 0 Å². The Morgan fingerprint density at radius 3 is 2.85 bits per heavy atom. The monoisotopic (exact) mass is 280 g/mol. The molecule has 0 amide bonds. The third-order valence-corrected chi connectivity index (χ3v) is 4.26. The zero-order valence-corrected chi connectivity index (χ0v) is 12.9. The van der Waals surface area contributed by atoms with Gasteiger partial charge in [-0.05, 0) is 57.0 Å². The Bertz CT molecular complexity index is 464. The maximum atomic E-state index is 13.9. The van der Waals surface area contributed by atoms with Gasteiger partial charge in [-0.2, -0.15) is 0 Å². The molecule has 20 heavy (non-hydrogen) atoms. The highest BCUT2D eigenvalue weighted by Crippen LogP contribution is 2.31. The molecule has 0 aromatic heterocycles. The van der Waals surface area contributed by atoms with Crippen LogP contribution in [0.3, 0.4) is 0 Å². The number of aryl methyl sites for hydroxylation is 1. The van der Waals surface area contributed by atoms with E-state index in [1.165, 1.54) is 0 Å². The van der Waals surface area contributed by atoms with Gasteiger partial charge in [0, 0.05) is 31.9 Å². The van der Waals surface area contributed by atoms with Crippen molar-refractivity contribution in [1.82, 2.24) is 5.32 Å². The molecule has 1 N–H and O–H groups in total. The average molecular weight is 280 g/mol. The number of benzene rings is 1. The quantitative estimate of drug-likeness (QED) is 0.917. The lowest BCUT2D eigenvalue weighted by molar-refractivity contribution is 0.0893. The van der Waals surface area contributed by atoms with Gasteiger partial charge < -0.3 is 15.0 Å². The Labute approximate surface area is 121 Å². The minimum absolute atomic E-state index is 0.128. The van der Waals surface area contributed by atoms with Crippen molar-refractivity contribution in [3.8, 4) is 0 Å². The van der Waals surface area contributed by atoms with Crippen molar-refractivity contribution >= 4 is 5.69 Å². The molecule has 0 radical (unpaired) electrons. The lowest BCUT2D eigenvalue weighted by atomic mass is 9.99. The van der Waals surface area contributed by atoms with Gasteiger partial charge in [-0.15, -0.1) is 0 Å². The highest BCUT2D eigenvalue weighted by atomic mass is 19.1. The standard InChI is InChI=1S/C16H25FN2O/c1-11-8-16(14(9-15(11)17)12(2)18-3)19-7-5-6-13(10-19)20-4/h8-9,12-13,18H,5-7,10H2,1-4H3. The van der Waals surface area contributed by atoms with Crippen LogP contribution in [0.1, 0.15) is 36.9 Å². The number of anilines is 1. The molecule has 0 bridgehead atoms. The van der Waals surface area contributed by atoms with Crippen LogP contribution >= 0.6 is 0 Å². The minimum atomic E-state index is -0.133. The fourth-order valence-electron chi connectivity index (χ4n) is 2.81. The molecule has 2 atom stereocenters. The van der Waals surface area contributed by atoms with Crippen LogP contribution in [0.2, 0.25) is 0 Å². The van der Waals surface area contributed by atoms with E-state index in [4.69, 9.17) is 4.74 Å².